The molecule has 1 saturated heterocycles. The number of ether oxygens (including phenoxy) is 1. The van der Waals surface area contributed by atoms with Gasteiger partial charge in [0, 0.05) is 28.2 Å². The Labute approximate surface area is 219 Å². The SMILES string of the molecule is Cc1ccc2cccc(OCc3c(Cl)ccc(N4CC(=O)N(Cc5ccccc5)CC4=O)c3Cl)c2n1. The quantitative estimate of drug-likeness (QED) is 0.322. The minimum Gasteiger partial charge on any atom is -0.487 e. The lowest BCUT2D eigenvalue weighted by molar-refractivity contribution is -0.138. The van der Waals surface area contributed by atoms with Gasteiger partial charge < -0.3 is 9.64 Å². The van der Waals surface area contributed by atoms with E-state index in [1.165, 1.54) is 4.90 Å². The maximum Gasteiger partial charge on any atom is 0.247 e. The van der Waals surface area contributed by atoms with Crippen LogP contribution in [0.25, 0.3) is 10.9 Å². The van der Waals surface area contributed by atoms with E-state index >= 15 is 0 Å². The number of carbonyl (C=O) groups excluding carboxylic acids is 2. The van der Waals surface area contributed by atoms with Crippen molar-refractivity contribution in [3.05, 3.63) is 99.7 Å². The molecule has 0 saturated carbocycles. The number of rotatable bonds is 6. The van der Waals surface area contributed by atoms with E-state index in [2.05, 4.69) is 4.98 Å². The Balaban J connectivity index is 1.36. The minimum atomic E-state index is -0.213. The molecule has 3 aromatic carbocycles. The molecule has 0 bridgehead atoms. The van der Waals surface area contributed by atoms with Crippen molar-refractivity contribution in [2.24, 2.45) is 0 Å². The highest BCUT2D eigenvalue weighted by atomic mass is 35.5. The molecule has 0 N–H and O–H groups in total. The lowest BCUT2D eigenvalue weighted by atomic mass is 10.1. The molecule has 0 spiro atoms. The third kappa shape index (κ3) is 4.87. The fraction of sp³-hybridized carbons (Fsp3) is 0.179. The van der Waals surface area contributed by atoms with Crippen molar-refractivity contribution in [3.63, 3.8) is 0 Å². The fourth-order valence-electron chi connectivity index (χ4n) is 4.24. The van der Waals surface area contributed by atoms with Gasteiger partial charge in [0.2, 0.25) is 11.8 Å². The molecule has 4 aromatic rings. The summed E-state index contributed by atoms with van der Waals surface area (Å²) in [4.78, 5) is 33.5. The third-order valence-corrected chi connectivity index (χ3v) is 6.92. The summed E-state index contributed by atoms with van der Waals surface area (Å²) in [6, 6.07) is 22.6. The number of benzene rings is 3. The summed E-state index contributed by atoms with van der Waals surface area (Å²) in [5.41, 5.74) is 3.56. The number of hydrogen-bond acceptors (Lipinski definition) is 4. The highest BCUT2D eigenvalue weighted by molar-refractivity contribution is 6.38. The molecule has 0 unspecified atom stereocenters. The van der Waals surface area contributed by atoms with E-state index in [1.54, 1.807) is 17.0 Å². The number of halogens is 2. The topological polar surface area (TPSA) is 62.7 Å². The number of hydrogen-bond donors (Lipinski definition) is 0. The van der Waals surface area contributed by atoms with Gasteiger partial charge in [0.05, 0.1) is 10.7 Å². The summed E-state index contributed by atoms with van der Waals surface area (Å²) in [5.74, 6) is 0.240. The zero-order valence-corrected chi connectivity index (χ0v) is 21.1. The fourth-order valence-corrected chi connectivity index (χ4v) is 4.82. The Morgan fingerprint density at radius 1 is 0.889 bits per heavy atom. The van der Waals surface area contributed by atoms with Crippen molar-refractivity contribution in [1.29, 1.82) is 0 Å². The summed E-state index contributed by atoms with van der Waals surface area (Å²) < 4.78 is 6.09. The number of aromatic nitrogens is 1. The van der Waals surface area contributed by atoms with Crippen LogP contribution in [0.4, 0.5) is 5.69 Å². The first kappa shape index (κ1) is 24.1. The zero-order valence-electron chi connectivity index (χ0n) is 19.6. The van der Waals surface area contributed by atoms with Crippen molar-refractivity contribution in [2.75, 3.05) is 18.0 Å². The molecular formula is C28H23Cl2N3O3. The summed E-state index contributed by atoms with van der Waals surface area (Å²) >= 11 is 13.2. The Hall–Kier alpha value is -3.61. The summed E-state index contributed by atoms with van der Waals surface area (Å²) in [6.45, 7) is 2.26. The standard InChI is InChI=1S/C28H23Cl2N3O3/c1-18-10-11-20-8-5-9-24(28(20)31-18)36-17-21-22(29)12-13-23(27(21)30)33-16-25(34)32(15-26(33)35)14-19-6-3-2-4-7-19/h2-13H,14-17H2,1H3. The second kappa shape index (κ2) is 10.2. The van der Waals surface area contributed by atoms with Crippen LogP contribution in [0.15, 0.2) is 72.8 Å². The predicted molar refractivity (Wildman–Crippen MR) is 141 cm³/mol. The first-order valence-corrected chi connectivity index (χ1v) is 12.2. The highest BCUT2D eigenvalue weighted by Gasteiger charge is 2.32. The highest BCUT2D eigenvalue weighted by Crippen LogP contribution is 2.36. The van der Waals surface area contributed by atoms with E-state index < -0.39 is 0 Å². The molecular weight excluding hydrogens is 497 g/mol. The van der Waals surface area contributed by atoms with E-state index in [4.69, 9.17) is 27.9 Å². The van der Waals surface area contributed by atoms with Crippen molar-refractivity contribution < 1.29 is 14.3 Å². The van der Waals surface area contributed by atoms with Gasteiger partial charge in [-0.15, -0.1) is 0 Å². The molecule has 1 fully saturated rings. The van der Waals surface area contributed by atoms with Gasteiger partial charge in [-0.3, -0.25) is 14.5 Å². The minimum absolute atomic E-state index is 0.0282. The van der Waals surface area contributed by atoms with Crippen LogP contribution in [0.2, 0.25) is 10.0 Å². The molecule has 0 atom stereocenters. The molecule has 2 amide bonds. The Morgan fingerprint density at radius 2 is 1.69 bits per heavy atom. The average molecular weight is 520 g/mol. The van der Waals surface area contributed by atoms with Gasteiger partial charge in [-0.2, -0.15) is 0 Å². The molecule has 2 heterocycles. The van der Waals surface area contributed by atoms with Gasteiger partial charge in [0.15, 0.2) is 0 Å². The summed E-state index contributed by atoms with van der Waals surface area (Å²) in [7, 11) is 0. The van der Waals surface area contributed by atoms with Crippen LogP contribution >= 0.6 is 23.2 Å². The van der Waals surface area contributed by atoms with Gasteiger partial charge in [-0.25, -0.2) is 4.98 Å². The molecule has 0 aliphatic carbocycles. The molecule has 182 valence electrons. The second-order valence-corrected chi connectivity index (χ2v) is 9.43. The Morgan fingerprint density at radius 3 is 2.50 bits per heavy atom. The van der Waals surface area contributed by atoms with E-state index in [-0.39, 0.29) is 36.5 Å². The van der Waals surface area contributed by atoms with Crippen molar-refractivity contribution in [3.8, 4) is 5.75 Å². The monoisotopic (exact) mass is 519 g/mol. The van der Waals surface area contributed by atoms with Crippen LogP contribution in [0.5, 0.6) is 5.75 Å². The molecule has 36 heavy (non-hydrogen) atoms. The Bertz CT molecular complexity index is 1460. The number of carbonyl (C=O) groups is 2. The number of anilines is 1. The molecule has 1 aromatic heterocycles. The number of amides is 2. The number of aryl methyl sites for hydroxylation is 1. The zero-order chi connectivity index (χ0) is 25.2. The van der Waals surface area contributed by atoms with Gasteiger partial charge >= 0.3 is 0 Å². The van der Waals surface area contributed by atoms with Crippen LogP contribution < -0.4 is 9.64 Å². The Kier molecular flexibility index (Phi) is 6.81. The third-order valence-electron chi connectivity index (χ3n) is 6.14. The molecule has 0 radical (unpaired) electrons. The molecule has 6 nitrogen and oxygen atoms in total. The normalized spacial score (nSPS) is 14.0. The lowest BCUT2D eigenvalue weighted by Gasteiger charge is -2.34. The maximum absolute atomic E-state index is 13.0. The number of piperazine rings is 1. The van der Waals surface area contributed by atoms with Gasteiger partial charge in [0.25, 0.3) is 0 Å². The first-order chi connectivity index (χ1) is 17.4. The smallest absolute Gasteiger partial charge is 0.247 e. The first-order valence-electron chi connectivity index (χ1n) is 11.5. The van der Waals surface area contributed by atoms with Crippen LogP contribution in [0, 0.1) is 6.92 Å². The van der Waals surface area contributed by atoms with E-state index in [0.29, 0.717) is 28.6 Å². The second-order valence-electron chi connectivity index (χ2n) is 8.64. The molecule has 5 rings (SSSR count). The van der Waals surface area contributed by atoms with E-state index in [9.17, 15) is 9.59 Å². The van der Waals surface area contributed by atoms with E-state index in [0.717, 1.165) is 22.2 Å². The summed E-state index contributed by atoms with van der Waals surface area (Å²) in [5, 5.41) is 1.65. The van der Waals surface area contributed by atoms with Crippen LogP contribution in [0.1, 0.15) is 16.8 Å². The van der Waals surface area contributed by atoms with E-state index in [1.807, 2.05) is 67.6 Å². The predicted octanol–water partition coefficient (Wildman–Crippen LogP) is 5.80. The van der Waals surface area contributed by atoms with Gasteiger partial charge in [0.1, 0.15) is 31.0 Å². The van der Waals surface area contributed by atoms with Gasteiger partial charge in [-0.05, 0) is 36.8 Å². The molecule has 8 heteroatoms. The van der Waals surface area contributed by atoms with Crippen molar-refractivity contribution in [2.45, 2.75) is 20.1 Å². The van der Waals surface area contributed by atoms with Crippen molar-refractivity contribution in [1.82, 2.24) is 9.88 Å². The molecule has 1 aliphatic heterocycles. The maximum atomic E-state index is 13.0. The largest absolute Gasteiger partial charge is 0.487 e. The lowest BCUT2D eigenvalue weighted by Crippen LogP contribution is -2.53. The van der Waals surface area contributed by atoms with Crippen LogP contribution in [-0.4, -0.2) is 34.8 Å². The summed E-state index contributed by atoms with van der Waals surface area (Å²) in [6.07, 6.45) is 0. The number of pyridine rings is 1. The molecule has 1 aliphatic rings. The van der Waals surface area contributed by atoms with Gasteiger partial charge in [-0.1, -0.05) is 71.7 Å². The van der Waals surface area contributed by atoms with Crippen LogP contribution in [0.3, 0.4) is 0 Å². The number of nitrogens with zero attached hydrogens (tertiary/aromatic N) is 3. The van der Waals surface area contributed by atoms with Crippen LogP contribution in [-0.2, 0) is 22.7 Å². The van der Waals surface area contributed by atoms with Crippen molar-refractivity contribution >= 4 is 51.6 Å². The average Bonchev–Trinajstić information content (AvgIpc) is 2.87. The number of fused-ring (bicyclic) bond motifs is 1. The number of para-hydroxylation sites is 1.